The topological polar surface area (TPSA) is 36.9 Å². The summed E-state index contributed by atoms with van der Waals surface area (Å²) in [5.74, 6) is 0. The van der Waals surface area contributed by atoms with Gasteiger partial charge in [0, 0.05) is 13.0 Å². The molecule has 1 saturated heterocycles. The molecule has 1 unspecified atom stereocenters. The van der Waals surface area contributed by atoms with Gasteiger partial charge in [0.1, 0.15) is 0 Å². The molecule has 4 heteroatoms. The van der Waals surface area contributed by atoms with Crippen LogP contribution in [0.2, 0.25) is 0 Å². The van der Waals surface area contributed by atoms with Crippen LogP contribution in [0.4, 0.5) is 0 Å². The summed E-state index contributed by atoms with van der Waals surface area (Å²) >= 11 is 0. The van der Waals surface area contributed by atoms with Gasteiger partial charge in [-0.3, -0.25) is 0 Å². The van der Waals surface area contributed by atoms with Crippen LogP contribution in [0.5, 0.6) is 0 Å². The zero-order chi connectivity index (χ0) is 11.1. The van der Waals surface area contributed by atoms with E-state index >= 15 is 0 Å². The summed E-state index contributed by atoms with van der Waals surface area (Å²) in [4.78, 5) is 9.46. The molecule has 1 heterocycles. The summed E-state index contributed by atoms with van der Waals surface area (Å²) in [6.45, 7) is 1.59. The van der Waals surface area contributed by atoms with Crippen molar-refractivity contribution in [2.75, 3.05) is 13.4 Å². The lowest BCUT2D eigenvalue weighted by Gasteiger charge is -2.06. The van der Waals surface area contributed by atoms with E-state index in [4.69, 9.17) is 14.4 Å². The average Bonchev–Trinajstić information content (AvgIpc) is 2.83. The Morgan fingerprint density at radius 1 is 1.25 bits per heavy atom. The Morgan fingerprint density at radius 2 is 2.12 bits per heavy atom. The molecule has 16 heavy (non-hydrogen) atoms. The van der Waals surface area contributed by atoms with Crippen LogP contribution in [-0.4, -0.2) is 19.7 Å². The maximum Gasteiger partial charge on any atom is 0.194 e. The Bertz CT molecular complexity index is 282. The van der Waals surface area contributed by atoms with Crippen LogP contribution in [0.15, 0.2) is 30.3 Å². The van der Waals surface area contributed by atoms with E-state index in [0.717, 1.165) is 12.8 Å². The molecular weight excluding hydrogens is 208 g/mol. The van der Waals surface area contributed by atoms with Crippen molar-refractivity contribution in [2.45, 2.75) is 25.7 Å². The van der Waals surface area contributed by atoms with E-state index in [1.165, 1.54) is 5.56 Å². The molecule has 0 radical (unpaired) electrons. The highest BCUT2D eigenvalue weighted by atomic mass is 17.3. The van der Waals surface area contributed by atoms with Crippen molar-refractivity contribution in [1.82, 2.24) is 0 Å². The van der Waals surface area contributed by atoms with E-state index in [-0.39, 0.29) is 13.1 Å². The summed E-state index contributed by atoms with van der Waals surface area (Å²) in [5.41, 5.74) is 1.19. The zero-order valence-electron chi connectivity index (χ0n) is 9.13. The van der Waals surface area contributed by atoms with Crippen LogP contribution in [0.3, 0.4) is 0 Å². The molecule has 0 spiro atoms. The maximum absolute atomic E-state index is 5.53. The summed E-state index contributed by atoms with van der Waals surface area (Å²) < 4.78 is 10.6. The standard InChI is InChI=1S/C12H16O4/c1-2-5-11(6-3-1)9-13-8-4-7-12-14-10-15-16-12/h1-3,5-6,12H,4,7-10H2. The first kappa shape index (κ1) is 11.5. The quantitative estimate of drug-likeness (QED) is 0.548. The number of hydrogen-bond acceptors (Lipinski definition) is 4. The summed E-state index contributed by atoms with van der Waals surface area (Å²) in [6.07, 6.45) is 1.48. The first-order valence-corrected chi connectivity index (χ1v) is 5.47. The van der Waals surface area contributed by atoms with Gasteiger partial charge in [0.2, 0.25) is 0 Å². The normalized spacial score (nSPS) is 20.1. The van der Waals surface area contributed by atoms with Crippen molar-refractivity contribution in [3.8, 4) is 0 Å². The molecular formula is C12H16O4. The smallest absolute Gasteiger partial charge is 0.194 e. The number of benzene rings is 1. The minimum absolute atomic E-state index is 0.222. The number of rotatable bonds is 6. The number of ether oxygens (including phenoxy) is 2. The van der Waals surface area contributed by atoms with Crippen LogP contribution in [0.1, 0.15) is 18.4 Å². The summed E-state index contributed by atoms with van der Waals surface area (Å²) in [7, 11) is 0. The average molecular weight is 224 g/mol. The van der Waals surface area contributed by atoms with Crippen LogP contribution in [0.25, 0.3) is 0 Å². The van der Waals surface area contributed by atoms with Gasteiger partial charge in [0.25, 0.3) is 0 Å². The van der Waals surface area contributed by atoms with Gasteiger partial charge >= 0.3 is 0 Å². The predicted octanol–water partition coefficient (Wildman–Crippen LogP) is 2.25. The SMILES string of the molecule is c1ccc(COCCCC2OCOO2)cc1. The first-order chi connectivity index (χ1) is 7.95. The fourth-order valence-corrected chi connectivity index (χ4v) is 1.48. The predicted molar refractivity (Wildman–Crippen MR) is 57.2 cm³/mol. The van der Waals surface area contributed by atoms with Gasteiger partial charge in [-0.2, -0.15) is 0 Å². The minimum Gasteiger partial charge on any atom is -0.377 e. The molecule has 0 bridgehead atoms. The molecule has 0 aromatic heterocycles. The lowest BCUT2D eigenvalue weighted by Crippen LogP contribution is -2.08. The molecule has 1 aliphatic heterocycles. The monoisotopic (exact) mass is 224 g/mol. The molecule has 0 aliphatic carbocycles. The van der Waals surface area contributed by atoms with Gasteiger partial charge in [-0.1, -0.05) is 30.3 Å². The van der Waals surface area contributed by atoms with Crippen molar-refractivity contribution in [2.24, 2.45) is 0 Å². The Kier molecular flexibility index (Phi) is 4.76. The third-order valence-electron chi connectivity index (χ3n) is 2.32. The number of hydrogen-bond donors (Lipinski definition) is 0. The third kappa shape index (κ3) is 3.90. The molecule has 88 valence electrons. The van der Waals surface area contributed by atoms with Crippen LogP contribution in [0, 0.1) is 0 Å². The van der Waals surface area contributed by atoms with Crippen molar-refractivity contribution in [1.29, 1.82) is 0 Å². The molecule has 4 nitrogen and oxygen atoms in total. The van der Waals surface area contributed by atoms with Crippen LogP contribution >= 0.6 is 0 Å². The Morgan fingerprint density at radius 3 is 2.88 bits per heavy atom. The second-order valence-electron chi connectivity index (χ2n) is 3.61. The van der Waals surface area contributed by atoms with Gasteiger partial charge in [-0.15, -0.1) is 0 Å². The molecule has 1 fully saturated rings. The lowest BCUT2D eigenvalue weighted by molar-refractivity contribution is -0.278. The van der Waals surface area contributed by atoms with E-state index in [1.54, 1.807) is 0 Å². The minimum atomic E-state index is -0.222. The summed E-state index contributed by atoms with van der Waals surface area (Å²) in [6, 6.07) is 10.1. The fraction of sp³-hybridized carbons (Fsp3) is 0.500. The Hall–Kier alpha value is -0.940. The van der Waals surface area contributed by atoms with Gasteiger partial charge in [0.05, 0.1) is 6.61 Å². The molecule has 1 aromatic carbocycles. The third-order valence-corrected chi connectivity index (χ3v) is 2.32. The van der Waals surface area contributed by atoms with Gasteiger partial charge in [-0.25, -0.2) is 9.78 Å². The second-order valence-corrected chi connectivity index (χ2v) is 3.61. The molecule has 1 aromatic rings. The van der Waals surface area contributed by atoms with Crippen molar-refractivity contribution >= 4 is 0 Å². The Labute approximate surface area is 95.0 Å². The Balaban J connectivity index is 1.52. The van der Waals surface area contributed by atoms with Crippen molar-refractivity contribution in [3.05, 3.63) is 35.9 Å². The van der Waals surface area contributed by atoms with E-state index in [1.807, 2.05) is 18.2 Å². The van der Waals surface area contributed by atoms with Gasteiger partial charge in [0.15, 0.2) is 13.1 Å². The van der Waals surface area contributed by atoms with Crippen LogP contribution in [-0.2, 0) is 25.9 Å². The van der Waals surface area contributed by atoms with Gasteiger partial charge in [-0.05, 0) is 12.0 Å². The van der Waals surface area contributed by atoms with Crippen molar-refractivity contribution < 1.29 is 19.2 Å². The molecule has 0 saturated carbocycles. The zero-order valence-corrected chi connectivity index (χ0v) is 9.13. The van der Waals surface area contributed by atoms with E-state index in [9.17, 15) is 0 Å². The fourth-order valence-electron chi connectivity index (χ4n) is 1.48. The molecule has 2 rings (SSSR count). The largest absolute Gasteiger partial charge is 0.377 e. The van der Waals surface area contributed by atoms with E-state index < -0.39 is 0 Å². The van der Waals surface area contributed by atoms with Gasteiger partial charge < -0.3 is 9.47 Å². The molecule has 1 atom stereocenters. The highest BCUT2D eigenvalue weighted by Gasteiger charge is 2.16. The van der Waals surface area contributed by atoms with Crippen molar-refractivity contribution in [3.63, 3.8) is 0 Å². The van der Waals surface area contributed by atoms with E-state index in [0.29, 0.717) is 13.2 Å². The van der Waals surface area contributed by atoms with Crippen LogP contribution < -0.4 is 0 Å². The van der Waals surface area contributed by atoms with E-state index in [2.05, 4.69) is 17.0 Å². The lowest BCUT2D eigenvalue weighted by atomic mass is 10.2. The maximum atomic E-state index is 5.53. The molecule has 0 N–H and O–H groups in total. The first-order valence-electron chi connectivity index (χ1n) is 5.47. The highest BCUT2D eigenvalue weighted by Crippen LogP contribution is 2.11. The molecule has 1 aliphatic rings. The molecule has 0 amide bonds. The highest BCUT2D eigenvalue weighted by molar-refractivity contribution is 5.13. The summed E-state index contributed by atoms with van der Waals surface area (Å²) in [5, 5.41) is 0. The second kappa shape index (κ2) is 6.60.